The van der Waals surface area contributed by atoms with E-state index in [0.717, 1.165) is 4.88 Å². The Balaban J connectivity index is 1.50. The summed E-state index contributed by atoms with van der Waals surface area (Å²) in [4.78, 5) is 32.7. The van der Waals surface area contributed by atoms with Crippen molar-refractivity contribution in [3.05, 3.63) is 75.5 Å². The molecule has 4 rings (SSSR count). The molecule has 1 aliphatic heterocycles. The van der Waals surface area contributed by atoms with Crippen LogP contribution < -0.4 is 5.32 Å². The third-order valence-corrected chi connectivity index (χ3v) is 5.84. The van der Waals surface area contributed by atoms with E-state index >= 15 is 0 Å². The first-order valence-electron chi connectivity index (χ1n) is 9.25. The monoisotopic (exact) mass is 405 g/mol. The fraction of sp³-hybridized carbons (Fsp3) is 0.238. The first-order valence-corrected chi connectivity index (χ1v) is 10.1. The molecule has 3 heterocycles. The Kier molecular flexibility index (Phi) is 5.14. The summed E-state index contributed by atoms with van der Waals surface area (Å²) in [5.74, 6) is 0.307. The number of nitrogens with one attached hydrogen (secondary N) is 1. The standard InChI is InChI=1S/C21H19N5O2S/c1-14-19-24-18(20(27)23-12-17-6-3-9-29-17)13-25(19)7-8-26(14)21(28)16-5-2-4-15(10-16)11-22/h2-6,9-10,13-14H,7-8,12H2,1H3,(H,23,27). The predicted octanol–water partition coefficient (Wildman–Crippen LogP) is 2.96. The van der Waals surface area contributed by atoms with Gasteiger partial charge in [-0.2, -0.15) is 5.26 Å². The number of carbonyl (C=O) groups excluding carboxylic acids is 2. The van der Waals surface area contributed by atoms with Crippen LogP contribution in [0.15, 0.2) is 48.0 Å². The van der Waals surface area contributed by atoms with Gasteiger partial charge >= 0.3 is 0 Å². The zero-order chi connectivity index (χ0) is 20.4. The molecular formula is C21H19N5O2S. The van der Waals surface area contributed by atoms with Gasteiger partial charge in [0.25, 0.3) is 11.8 Å². The highest BCUT2D eigenvalue weighted by molar-refractivity contribution is 7.09. The largest absolute Gasteiger partial charge is 0.346 e. The van der Waals surface area contributed by atoms with Crippen molar-refractivity contribution < 1.29 is 9.59 Å². The van der Waals surface area contributed by atoms with Crippen molar-refractivity contribution in [3.8, 4) is 6.07 Å². The minimum absolute atomic E-state index is 0.146. The van der Waals surface area contributed by atoms with Crippen LogP contribution in [-0.4, -0.2) is 32.8 Å². The van der Waals surface area contributed by atoms with Gasteiger partial charge in [0.1, 0.15) is 11.5 Å². The normalized spacial score (nSPS) is 15.4. The zero-order valence-electron chi connectivity index (χ0n) is 15.8. The number of hydrogen-bond donors (Lipinski definition) is 1. The molecule has 1 aromatic carbocycles. The number of fused-ring (bicyclic) bond motifs is 1. The van der Waals surface area contributed by atoms with Crippen LogP contribution in [0.25, 0.3) is 0 Å². The molecule has 2 aromatic heterocycles. The van der Waals surface area contributed by atoms with Gasteiger partial charge in [-0.05, 0) is 36.6 Å². The highest BCUT2D eigenvalue weighted by Crippen LogP contribution is 2.26. The van der Waals surface area contributed by atoms with Gasteiger partial charge in [-0.1, -0.05) is 12.1 Å². The molecule has 1 atom stereocenters. The lowest BCUT2D eigenvalue weighted by Gasteiger charge is -2.33. The zero-order valence-corrected chi connectivity index (χ0v) is 16.6. The van der Waals surface area contributed by atoms with Crippen LogP contribution in [0.4, 0.5) is 0 Å². The molecule has 29 heavy (non-hydrogen) atoms. The van der Waals surface area contributed by atoms with Gasteiger partial charge in [0, 0.05) is 29.7 Å². The molecule has 0 aliphatic carbocycles. The van der Waals surface area contributed by atoms with E-state index in [1.54, 1.807) is 46.7 Å². The lowest BCUT2D eigenvalue weighted by atomic mass is 10.1. The van der Waals surface area contributed by atoms with Crippen LogP contribution in [0.5, 0.6) is 0 Å². The molecule has 0 saturated heterocycles. The molecule has 0 bridgehead atoms. The average molecular weight is 405 g/mol. The molecule has 2 amide bonds. The van der Waals surface area contributed by atoms with E-state index in [9.17, 15) is 9.59 Å². The maximum absolute atomic E-state index is 13.0. The molecule has 7 nitrogen and oxygen atoms in total. The molecule has 3 aromatic rings. The van der Waals surface area contributed by atoms with E-state index in [1.807, 2.05) is 29.0 Å². The molecule has 146 valence electrons. The van der Waals surface area contributed by atoms with Crippen molar-refractivity contribution in [2.45, 2.75) is 26.1 Å². The maximum atomic E-state index is 13.0. The van der Waals surface area contributed by atoms with Gasteiger partial charge in [0.15, 0.2) is 0 Å². The second-order valence-electron chi connectivity index (χ2n) is 6.81. The highest BCUT2D eigenvalue weighted by atomic mass is 32.1. The number of nitrogens with zero attached hydrogens (tertiary/aromatic N) is 4. The Bertz CT molecular complexity index is 1100. The van der Waals surface area contributed by atoms with Crippen molar-refractivity contribution in [3.63, 3.8) is 0 Å². The number of hydrogen-bond acceptors (Lipinski definition) is 5. The summed E-state index contributed by atoms with van der Waals surface area (Å²) in [7, 11) is 0. The Hall–Kier alpha value is -3.44. The molecule has 0 spiro atoms. The Morgan fingerprint density at radius 2 is 2.17 bits per heavy atom. The summed E-state index contributed by atoms with van der Waals surface area (Å²) in [6.07, 6.45) is 1.74. The topological polar surface area (TPSA) is 91.0 Å². The van der Waals surface area contributed by atoms with Crippen LogP contribution >= 0.6 is 11.3 Å². The molecule has 0 fully saturated rings. The van der Waals surface area contributed by atoms with Crippen LogP contribution in [0.2, 0.25) is 0 Å². The minimum Gasteiger partial charge on any atom is -0.346 e. The van der Waals surface area contributed by atoms with Gasteiger partial charge < -0.3 is 14.8 Å². The fourth-order valence-corrected chi connectivity index (χ4v) is 4.08. The van der Waals surface area contributed by atoms with E-state index < -0.39 is 0 Å². The van der Waals surface area contributed by atoms with E-state index in [0.29, 0.717) is 42.3 Å². The van der Waals surface area contributed by atoms with Crippen LogP contribution in [-0.2, 0) is 13.1 Å². The number of amides is 2. The van der Waals surface area contributed by atoms with Gasteiger partial charge in [0.05, 0.1) is 24.2 Å². The number of carbonyl (C=O) groups is 2. The van der Waals surface area contributed by atoms with Gasteiger partial charge in [-0.3, -0.25) is 9.59 Å². The number of rotatable bonds is 4. The first kappa shape index (κ1) is 18.9. The van der Waals surface area contributed by atoms with Gasteiger partial charge in [-0.25, -0.2) is 4.98 Å². The Labute approximate surface area is 172 Å². The Morgan fingerprint density at radius 3 is 2.93 bits per heavy atom. The number of imidazole rings is 1. The van der Waals surface area contributed by atoms with Gasteiger partial charge in [-0.15, -0.1) is 11.3 Å². The predicted molar refractivity (Wildman–Crippen MR) is 108 cm³/mol. The lowest BCUT2D eigenvalue weighted by Crippen LogP contribution is -2.41. The van der Waals surface area contributed by atoms with Crippen molar-refractivity contribution in [1.82, 2.24) is 19.8 Å². The van der Waals surface area contributed by atoms with E-state index in [-0.39, 0.29) is 17.9 Å². The number of aromatic nitrogens is 2. The SMILES string of the molecule is CC1c2nc(C(=O)NCc3cccs3)cn2CCN1C(=O)c1cccc(C#N)c1. The van der Waals surface area contributed by atoms with Crippen molar-refractivity contribution in [2.75, 3.05) is 6.54 Å². The quantitative estimate of drug-likeness (QED) is 0.722. The summed E-state index contributed by atoms with van der Waals surface area (Å²) >= 11 is 1.59. The van der Waals surface area contributed by atoms with Crippen molar-refractivity contribution >= 4 is 23.2 Å². The Morgan fingerprint density at radius 1 is 1.31 bits per heavy atom. The second kappa shape index (κ2) is 7.89. The van der Waals surface area contributed by atoms with Crippen LogP contribution in [0.1, 0.15) is 50.1 Å². The van der Waals surface area contributed by atoms with Crippen LogP contribution in [0.3, 0.4) is 0 Å². The van der Waals surface area contributed by atoms with Crippen molar-refractivity contribution in [1.29, 1.82) is 5.26 Å². The molecule has 1 N–H and O–H groups in total. The number of benzene rings is 1. The van der Waals surface area contributed by atoms with E-state index in [4.69, 9.17) is 5.26 Å². The average Bonchev–Trinajstić information content (AvgIpc) is 3.42. The van der Waals surface area contributed by atoms with E-state index in [2.05, 4.69) is 16.4 Å². The third-order valence-electron chi connectivity index (χ3n) is 4.97. The summed E-state index contributed by atoms with van der Waals surface area (Å²) in [5.41, 5.74) is 1.28. The molecule has 1 unspecified atom stereocenters. The fourth-order valence-electron chi connectivity index (χ4n) is 3.44. The molecule has 8 heteroatoms. The molecule has 0 radical (unpaired) electrons. The lowest BCUT2D eigenvalue weighted by molar-refractivity contribution is 0.0638. The summed E-state index contributed by atoms with van der Waals surface area (Å²) in [5, 5.41) is 13.9. The molecular weight excluding hydrogens is 386 g/mol. The summed E-state index contributed by atoms with van der Waals surface area (Å²) < 4.78 is 1.93. The first-order chi connectivity index (χ1) is 14.1. The van der Waals surface area contributed by atoms with E-state index in [1.165, 1.54) is 0 Å². The highest BCUT2D eigenvalue weighted by Gasteiger charge is 2.31. The summed E-state index contributed by atoms with van der Waals surface area (Å²) in [6, 6.07) is 12.4. The molecule has 0 saturated carbocycles. The minimum atomic E-state index is -0.277. The van der Waals surface area contributed by atoms with Crippen LogP contribution in [0, 0.1) is 11.3 Å². The smallest absolute Gasteiger partial charge is 0.271 e. The second-order valence-corrected chi connectivity index (χ2v) is 7.84. The van der Waals surface area contributed by atoms with Gasteiger partial charge in [0.2, 0.25) is 0 Å². The summed E-state index contributed by atoms with van der Waals surface area (Å²) in [6.45, 7) is 3.44. The maximum Gasteiger partial charge on any atom is 0.271 e. The van der Waals surface area contributed by atoms with Crippen molar-refractivity contribution in [2.24, 2.45) is 0 Å². The number of nitriles is 1. The number of thiophene rings is 1. The molecule has 1 aliphatic rings. The third kappa shape index (κ3) is 3.77.